The minimum absolute atomic E-state index is 0.320. The van der Waals surface area contributed by atoms with Crippen molar-refractivity contribution in [1.29, 1.82) is 0 Å². The summed E-state index contributed by atoms with van der Waals surface area (Å²) in [5.41, 5.74) is 1.46. The summed E-state index contributed by atoms with van der Waals surface area (Å²) in [6.07, 6.45) is 4.32. The van der Waals surface area contributed by atoms with Crippen LogP contribution in [0.15, 0.2) is 24.4 Å². The molecule has 0 unspecified atom stereocenters. The molecule has 98 valence electrons. The number of hydrogen-bond acceptors (Lipinski definition) is 2. The summed E-state index contributed by atoms with van der Waals surface area (Å²) < 4.78 is 5.16. The van der Waals surface area contributed by atoms with Gasteiger partial charge in [-0.15, -0.1) is 0 Å². The number of benzene rings is 1. The Morgan fingerprint density at radius 1 is 1.50 bits per heavy atom. The molecule has 1 aromatic rings. The maximum absolute atomic E-state index is 11.6. The minimum atomic E-state index is -0.320. The molecule has 0 aliphatic rings. The van der Waals surface area contributed by atoms with Gasteiger partial charge in [-0.2, -0.15) is 0 Å². The molecular formula is C13H17ClN2O2. The SMILES string of the molecule is CC/C=C/NC(=O)Nc1cc(C)c(Cl)cc1OC. The number of amides is 2. The van der Waals surface area contributed by atoms with E-state index in [2.05, 4.69) is 10.6 Å². The standard InChI is InChI=1S/C13H17ClN2O2/c1-4-5-6-15-13(17)16-11-7-9(2)10(14)8-12(11)18-3/h5-8H,4H2,1-3H3,(H2,15,16,17)/b6-5+. The van der Waals surface area contributed by atoms with Crippen molar-refractivity contribution < 1.29 is 9.53 Å². The van der Waals surface area contributed by atoms with Crippen LogP contribution in [0, 0.1) is 6.92 Å². The third-order valence-corrected chi connectivity index (χ3v) is 2.70. The number of nitrogens with one attached hydrogen (secondary N) is 2. The van der Waals surface area contributed by atoms with Gasteiger partial charge in [0.05, 0.1) is 12.8 Å². The lowest BCUT2D eigenvalue weighted by Gasteiger charge is -2.11. The summed E-state index contributed by atoms with van der Waals surface area (Å²) >= 11 is 5.98. The maximum Gasteiger partial charge on any atom is 0.323 e. The smallest absolute Gasteiger partial charge is 0.323 e. The van der Waals surface area contributed by atoms with Gasteiger partial charge in [0.1, 0.15) is 5.75 Å². The molecule has 0 aliphatic heterocycles. The first-order chi connectivity index (χ1) is 8.58. The Labute approximate surface area is 112 Å². The number of hydrogen-bond donors (Lipinski definition) is 2. The van der Waals surface area contributed by atoms with Crippen molar-refractivity contribution in [2.45, 2.75) is 20.3 Å². The predicted octanol–water partition coefficient (Wildman–Crippen LogP) is 3.70. The molecule has 0 fully saturated rings. The van der Waals surface area contributed by atoms with Crippen LogP contribution in [0.25, 0.3) is 0 Å². The maximum atomic E-state index is 11.6. The number of allylic oxidation sites excluding steroid dienone is 1. The number of rotatable bonds is 4. The molecule has 0 spiro atoms. The van der Waals surface area contributed by atoms with Gasteiger partial charge in [0.25, 0.3) is 0 Å². The molecular weight excluding hydrogens is 252 g/mol. The summed E-state index contributed by atoms with van der Waals surface area (Å²) in [6.45, 7) is 3.85. The Morgan fingerprint density at radius 3 is 2.83 bits per heavy atom. The fourth-order valence-electron chi connectivity index (χ4n) is 1.34. The van der Waals surface area contributed by atoms with Crippen molar-refractivity contribution in [3.63, 3.8) is 0 Å². The second kappa shape index (κ2) is 6.91. The van der Waals surface area contributed by atoms with Gasteiger partial charge in [0.2, 0.25) is 0 Å². The van der Waals surface area contributed by atoms with E-state index < -0.39 is 0 Å². The van der Waals surface area contributed by atoms with Crippen molar-refractivity contribution in [3.05, 3.63) is 35.0 Å². The molecule has 2 N–H and O–H groups in total. The Kier molecular flexibility index (Phi) is 5.52. The molecule has 1 aromatic carbocycles. The molecule has 18 heavy (non-hydrogen) atoms. The van der Waals surface area contributed by atoms with Gasteiger partial charge in [-0.25, -0.2) is 4.79 Å². The second-order valence-electron chi connectivity index (χ2n) is 3.71. The average Bonchev–Trinajstić information content (AvgIpc) is 2.34. The summed E-state index contributed by atoms with van der Waals surface area (Å²) in [5.74, 6) is 0.528. The zero-order valence-electron chi connectivity index (χ0n) is 10.7. The van der Waals surface area contributed by atoms with Crippen LogP contribution in [0.5, 0.6) is 5.75 Å². The summed E-state index contributed by atoms with van der Waals surface area (Å²) in [6, 6.07) is 3.12. The largest absolute Gasteiger partial charge is 0.495 e. The molecule has 0 saturated heterocycles. The Balaban J connectivity index is 2.80. The molecule has 0 bridgehead atoms. The first kappa shape index (κ1) is 14.4. The van der Waals surface area contributed by atoms with Crippen LogP contribution in [-0.2, 0) is 0 Å². The van der Waals surface area contributed by atoms with E-state index >= 15 is 0 Å². The molecule has 0 aromatic heterocycles. The van der Waals surface area contributed by atoms with Gasteiger partial charge in [-0.3, -0.25) is 0 Å². The molecule has 0 atom stereocenters. The highest BCUT2D eigenvalue weighted by Crippen LogP contribution is 2.30. The molecule has 1 rings (SSSR count). The summed E-state index contributed by atoms with van der Waals surface area (Å²) in [4.78, 5) is 11.6. The monoisotopic (exact) mass is 268 g/mol. The molecule has 0 heterocycles. The number of carbonyl (C=O) groups is 1. The number of methoxy groups -OCH3 is 1. The number of halogens is 1. The van der Waals surface area contributed by atoms with Crippen molar-refractivity contribution in [3.8, 4) is 5.75 Å². The van der Waals surface area contributed by atoms with Gasteiger partial charge in [-0.05, 0) is 25.0 Å². The molecule has 0 radical (unpaired) electrons. The lowest BCUT2D eigenvalue weighted by Crippen LogP contribution is -2.24. The fraction of sp³-hybridized carbons (Fsp3) is 0.308. The van der Waals surface area contributed by atoms with Gasteiger partial charge < -0.3 is 15.4 Å². The predicted molar refractivity (Wildman–Crippen MR) is 74.3 cm³/mol. The van der Waals surface area contributed by atoms with E-state index in [9.17, 15) is 4.79 Å². The van der Waals surface area contributed by atoms with E-state index in [1.165, 1.54) is 7.11 Å². The van der Waals surface area contributed by atoms with E-state index in [-0.39, 0.29) is 6.03 Å². The molecule has 4 nitrogen and oxygen atoms in total. The molecule has 5 heteroatoms. The van der Waals surface area contributed by atoms with Crippen molar-refractivity contribution in [1.82, 2.24) is 5.32 Å². The van der Waals surface area contributed by atoms with Gasteiger partial charge >= 0.3 is 6.03 Å². The number of anilines is 1. The van der Waals surface area contributed by atoms with Gasteiger partial charge in [-0.1, -0.05) is 24.6 Å². The van der Waals surface area contributed by atoms with Crippen LogP contribution in [0.2, 0.25) is 5.02 Å². The van der Waals surface area contributed by atoms with Crippen LogP contribution in [0.4, 0.5) is 10.5 Å². The van der Waals surface area contributed by atoms with Crippen molar-refractivity contribution >= 4 is 23.3 Å². The van der Waals surface area contributed by atoms with E-state index in [4.69, 9.17) is 16.3 Å². The number of ether oxygens (including phenoxy) is 1. The lowest BCUT2D eigenvalue weighted by atomic mass is 10.2. The van der Waals surface area contributed by atoms with E-state index in [1.807, 2.05) is 19.9 Å². The lowest BCUT2D eigenvalue weighted by molar-refractivity contribution is 0.255. The van der Waals surface area contributed by atoms with Crippen molar-refractivity contribution in [2.24, 2.45) is 0 Å². The third-order valence-electron chi connectivity index (χ3n) is 2.30. The van der Waals surface area contributed by atoms with Crippen LogP contribution in [0.3, 0.4) is 0 Å². The van der Waals surface area contributed by atoms with Crippen LogP contribution in [-0.4, -0.2) is 13.1 Å². The first-order valence-electron chi connectivity index (χ1n) is 5.65. The Hall–Kier alpha value is -1.68. The second-order valence-corrected chi connectivity index (χ2v) is 4.12. The minimum Gasteiger partial charge on any atom is -0.495 e. The zero-order chi connectivity index (χ0) is 13.5. The highest BCUT2D eigenvalue weighted by atomic mass is 35.5. The number of aryl methyl sites for hydroxylation is 1. The molecule has 0 saturated carbocycles. The Morgan fingerprint density at radius 2 is 2.22 bits per heavy atom. The van der Waals surface area contributed by atoms with Gasteiger partial charge in [0.15, 0.2) is 0 Å². The number of carbonyl (C=O) groups excluding carboxylic acids is 1. The van der Waals surface area contributed by atoms with Crippen LogP contribution >= 0.6 is 11.6 Å². The van der Waals surface area contributed by atoms with E-state index in [0.29, 0.717) is 16.5 Å². The van der Waals surface area contributed by atoms with Crippen LogP contribution in [0.1, 0.15) is 18.9 Å². The van der Waals surface area contributed by atoms with E-state index in [1.54, 1.807) is 18.3 Å². The average molecular weight is 269 g/mol. The highest BCUT2D eigenvalue weighted by molar-refractivity contribution is 6.31. The van der Waals surface area contributed by atoms with Gasteiger partial charge in [0, 0.05) is 17.3 Å². The fourth-order valence-corrected chi connectivity index (χ4v) is 1.49. The van der Waals surface area contributed by atoms with E-state index in [0.717, 1.165) is 12.0 Å². The zero-order valence-corrected chi connectivity index (χ0v) is 11.5. The third kappa shape index (κ3) is 3.96. The van der Waals surface area contributed by atoms with Crippen molar-refractivity contribution in [2.75, 3.05) is 12.4 Å². The summed E-state index contributed by atoms with van der Waals surface area (Å²) in [7, 11) is 1.53. The summed E-state index contributed by atoms with van der Waals surface area (Å²) in [5, 5.41) is 5.90. The topological polar surface area (TPSA) is 50.4 Å². The molecule has 2 amide bonds. The van der Waals surface area contributed by atoms with Crippen LogP contribution < -0.4 is 15.4 Å². The normalized spacial score (nSPS) is 10.4. The highest BCUT2D eigenvalue weighted by Gasteiger charge is 2.09. The molecule has 0 aliphatic carbocycles. The first-order valence-corrected chi connectivity index (χ1v) is 6.03. The quantitative estimate of drug-likeness (QED) is 0.875. The number of urea groups is 1. The Bertz CT molecular complexity index is 459.